The molecular formula is C18H13ClN6O. The van der Waals surface area contributed by atoms with E-state index in [0.29, 0.717) is 27.9 Å². The summed E-state index contributed by atoms with van der Waals surface area (Å²) < 4.78 is 1.62. The maximum absolute atomic E-state index is 12.1. The van der Waals surface area contributed by atoms with Gasteiger partial charge in [-0.2, -0.15) is 0 Å². The number of nitrogens with zero attached hydrogens (tertiary/aromatic N) is 4. The monoisotopic (exact) mass is 364 g/mol. The van der Waals surface area contributed by atoms with Crippen molar-refractivity contribution >= 4 is 34.7 Å². The van der Waals surface area contributed by atoms with Crippen LogP contribution in [0.2, 0.25) is 5.02 Å². The fourth-order valence-electron chi connectivity index (χ4n) is 2.44. The van der Waals surface area contributed by atoms with E-state index in [1.165, 1.54) is 0 Å². The van der Waals surface area contributed by atoms with Crippen LogP contribution in [0.3, 0.4) is 0 Å². The molecule has 0 saturated heterocycles. The summed E-state index contributed by atoms with van der Waals surface area (Å²) in [4.78, 5) is 20.6. The van der Waals surface area contributed by atoms with Gasteiger partial charge in [-0.15, -0.1) is 5.10 Å². The molecule has 0 radical (unpaired) electrons. The van der Waals surface area contributed by atoms with Crippen LogP contribution in [0.15, 0.2) is 67.1 Å². The standard InChI is InChI=1S/C18H13ClN6O/c19-13-2-1-3-14(10-13)21-18(26)22-15-4-5-16-23-17(24-25(16)11-15)12-6-8-20-9-7-12/h1-11H,(H2,21,22,26). The molecule has 0 bridgehead atoms. The molecule has 0 fully saturated rings. The van der Waals surface area contributed by atoms with Gasteiger partial charge in [-0.1, -0.05) is 17.7 Å². The molecular weight excluding hydrogens is 352 g/mol. The molecule has 1 aromatic carbocycles. The van der Waals surface area contributed by atoms with Crippen LogP contribution in [0.5, 0.6) is 0 Å². The zero-order valence-electron chi connectivity index (χ0n) is 13.4. The first kappa shape index (κ1) is 16.0. The highest BCUT2D eigenvalue weighted by Crippen LogP contribution is 2.18. The van der Waals surface area contributed by atoms with E-state index in [-0.39, 0.29) is 6.03 Å². The van der Waals surface area contributed by atoms with Crippen molar-refractivity contribution in [2.45, 2.75) is 0 Å². The van der Waals surface area contributed by atoms with Gasteiger partial charge in [-0.25, -0.2) is 14.3 Å². The summed E-state index contributed by atoms with van der Waals surface area (Å²) in [6.07, 6.45) is 5.08. The smallest absolute Gasteiger partial charge is 0.308 e. The van der Waals surface area contributed by atoms with E-state index in [1.807, 2.05) is 12.1 Å². The lowest BCUT2D eigenvalue weighted by Gasteiger charge is -2.07. The SMILES string of the molecule is O=C(Nc1cccc(Cl)c1)Nc1ccc2nc(-c3ccncc3)nn2c1. The minimum absolute atomic E-state index is 0.374. The number of nitrogens with one attached hydrogen (secondary N) is 2. The lowest BCUT2D eigenvalue weighted by Crippen LogP contribution is -2.19. The number of rotatable bonds is 3. The third kappa shape index (κ3) is 3.47. The number of benzene rings is 1. The van der Waals surface area contributed by atoms with Crippen LogP contribution in [0, 0.1) is 0 Å². The molecule has 2 N–H and O–H groups in total. The Morgan fingerprint density at radius 2 is 1.81 bits per heavy atom. The summed E-state index contributed by atoms with van der Waals surface area (Å²) in [5.41, 5.74) is 2.74. The molecule has 128 valence electrons. The number of halogens is 1. The number of hydrogen-bond acceptors (Lipinski definition) is 4. The minimum atomic E-state index is -0.374. The number of carbonyl (C=O) groups excluding carboxylic acids is 1. The van der Waals surface area contributed by atoms with Crippen LogP contribution in [0.1, 0.15) is 0 Å². The highest BCUT2D eigenvalue weighted by atomic mass is 35.5. The minimum Gasteiger partial charge on any atom is -0.308 e. The Bertz CT molecular complexity index is 1080. The Morgan fingerprint density at radius 1 is 1.00 bits per heavy atom. The van der Waals surface area contributed by atoms with Crippen LogP contribution in [-0.4, -0.2) is 25.6 Å². The first-order valence-electron chi connectivity index (χ1n) is 7.78. The van der Waals surface area contributed by atoms with Crippen LogP contribution < -0.4 is 10.6 Å². The molecule has 0 aliphatic carbocycles. The van der Waals surface area contributed by atoms with Crippen molar-refractivity contribution in [2.75, 3.05) is 10.6 Å². The summed E-state index contributed by atoms with van der Waals surface area (Å²) in [7, 11) is 0. The molecule has 8 heteroatoms. The van der Waals surface area contributed by atoms with Crippen LogP contribution in [-0.2, 0) is 0 Å². The molecule has 0 aliphatic heterocycles. The van der Waals surface area contributed by atoms with Crippen molar-refractivity contribution in [1.29, 1.82) is 0 Å². The van der Waals surface area contributed by atoms with Crippen LogP contribution >= 0.6 is 11.6 Å². The summed E-state index contributed by atoms with van der Waals surface area (Å²) in [6, 6.07) is 13.8. The summed E-state index contributed by atoms with van der Waals surface area (Å²) >= 11 is 5.91. The van der Waals surface area contributed by atoms with Gasteiger partial charge in [-0.05, 0) is 42.5 Å². The number of amides is 2. The molecule has 4 aromatic rings. The number of pyridine rings is 2. The second-order valence-electron chi connectivity index (χ2n) is 5.48. The van der Waals surface area contributed by atoms with E-state index < -0.39 is 0 Å². The van der Waals surface area contributed by atoms with E-state index in [1.54, 1.807) is 59.5 Å². The van der Waals surface area contributed by atoms with Crippen molar-refractivity contribution in [3.05, 3.63) is 72.1 Å². The van der Waals surface area contributed by atoms with Crippen molar-refractivity contribution < 1.29 is 4.79 Å². The van der Waals surface area contributed by atoms with Crippen molar-refractivity contribution in [3.63, 3.8) is 0 Å². The van der Waals surface area contributed by atoms with E-state index in [2.05, 4.69) is 25.7 Å². The first-order valence-corrected chi connectivity index (χ1v) is 8.15. The van der Waals surface area contributed by atoms with Crippen LogP contribution in [0.25, 0.3) is 17.0 Å². The van der Waals surface area contributed by atoms with E-state index >= 15 is 0 Å². The Balaban J connectivity index is 1.53. The van der Waals surface area contributed by atoms with Crippen molar-refractivity contribution in [1.82, 2.24) is 19.6 Å². The average molecular weight is 365 g/mol. The lowest BCUT2D eigenvalue weighted by molar-refractivity contribution is 0.262. The maximum Gasteiger partial charge on any atom is 0.323 e. The zero-order valence-corrected chi connectivity index (χ0v) is 14.2. The number of aromatic nitrogens is 4. The molecule has 7 nitrogen and oxygen atoms in total. The molecule has 26 heavy (non-hydrogen) atoms. The van der Waals surface area contributed by atoms with Gasteiger partial charge in [0.1, 0.15) is 0 Å². The molecule has 0 atom stereocenters. The number of carbonyl (C=O) groups is 1. The highest BCUT2D eigenvalue weighted by Gasteiger charge is 2.08. The van der Waals surface area contributed by atoms with Crippen LogP contribution in [0.4, 0.5) is 16.2 Å². The molecule has 0 aliphatic rings. The van der Waals surface area contributed by atoms with Gasteiger partial charge in [0.2, 0.25) is 0 Å². The first-order chi connectivity index (χ1) is 12.7. The van der Waals surface area contributed by atoms with Gasteiger partial charge < -0.3 is 10.6 Å². The summed E-state index contributed by atoms with van der Waals surface area (Å²) in [5.74, 6) is 0.591. The Morgan fingerprint density at radius 3 is 2.62 bits per heavy atom. The second kappa shape index (κ2) is 6.81. The normalized spacial score (nSPS) is 10.7. The van der Waals surface area contributed by atoms with Gasteiger partial charge in [-0.3, -0.25) is 4.98 Å². The van der Waals surface area contributed by atoms with Gasteiger partial charge in [0.15, 0.2) is 11.5 Å². The molecule has 2 amide bonds. The van der Waals surface area contributed by atoms with Gasteiger partial charge in [0, 0.05) is 28.7 Å². The quantitative estimate of drug-likeness (QED) is 0.573. The van der Waals surface area contributed by atoms with Crippen molar-refractivity contribution in [3.8, 4) is 11.4 Å². The predicted octanol–water partition coefficient (Wildman–Crippen LogP) is 4.09. The molecule has 3 aromatic heterocycles. The topological polar surface area (TPSA) is 84.2 Å². The number of anilines is 2. The third-order valence-electron chi connectivity index (χ3n) is 3.61. The van der Waals surface area contributed by atoms with Gasteiger partial charge in [0.05, 0.1) is 11.9 Å². The van der Waals surface area contributed by atoms with Gasteiger partial charge in [0.25, 0.3) is 0 Å². The number of fused-ring (bicyclic) bond motifs is 1. The Labute approximate surface area is 153 Å². The van der Waals surface area contributed by atoms with E-state index in [4.69, 9.17) is 11.6 Å². The lowest BCUT2D eigenvalue weighted by atomic mass is 10.3. The number of urea groups is 1. The zero-order chi connectivity index (χ0) is 17.9. The molecule has 0 saturated carbocycles. The van der Waals surface area contributed by atoms with Crippen molar-refractivity contribution in [2.24, 2.45) is 0 Å². The highest BCUT2D eigenvalue weighted by molar-refractivity contribution is 6.30. The van der Waals surface area contributed by atoms with E-state index in [9.17, 15) is 4.79 Å². The predicted molar refractivity (Wildman–Crippen MR) is 100 cm³/mol. The summed E-state index contributed by atoms with van der Waals surface area (Å²) in [5, 5.41) is 10.5. The third-order valence-corrected chi connectivity index (χ3v) is 3.84. The fraction of sp³-hybridized carbons (Fsp3) is 0. The molecule has 0 spiro atoms. The molecule has 4 rings (SSSR count). The number of hydrogen-bond donors (Lipinski definition) is 2. The molecule has 3 heterocycles. The fourth-order valence-corrected chi connectivity index (χ4v) is 2.63. The largest absolute Gasteiger partial charge is 0.323 e. The Hall–Kier alpha value is -3.45. The van der Waals surface area contributed by atoms with Gasteiger partial charge >= 0.3 is 6.03 Å². The maximum atomic E-state index is 12.1. The Kier molecular flexibility index (Phi) is 4.20. The van der Waals surface area contributed by atoms with E-state index in [0.717, 1.165) is 5.56 Å². The summed E-state index contributed by atoms with van der Waals surface area (Å²) in [6.45, 7) is 0. The molecule has 0 unspecified atom stereocenters. The second-order valence-corrected chi connectivity index (χ2v) is 5.92. The average Bonchev–Trinajstić information content (AvgIpc) is 3.06.